The zero-order valence-corrected chi connectivity index (χ0v) is 10.4. The van der Waals surface area contributed by atoms with Gasteiger partial charge in [-0.3, -0.25) is 4.79 Å². The first-order valence-electron chi connectivity index (χ1n) is 5.39. The van der Waals surface area contributed by atoms with E-state index in [2.05, 4.69) is 15.4 Å². The predicted molar refractivity (Wildman–Crippen MR) is 68.0 cm³/mol. The fourth-order valence-electron chi connectivity index (χ4n) is 2.12. The fourth-order valence-corrected chi connectivity index (χ4v) is 2.94. The Hall–Kier alpha value is -2.15. The molecule has 0 radical (unpaired) electrons. The molecule has 0 bridgehead atoms. The smallest absolute Gasteiger partial charge is 0.248 e. The monoisotopic (exact) mass is 261 g/mol. The maximum atomic E-state index is 11.7. The first-order valence-corrected chi connectivity index (χ1v) is 6.27. The summed E-state index contributed by atoms with van der Waals surface area (Å²) in [5.41, 5.74) is 6.73. The third-order valence-electron chi connectivity index (χ3n) is 2.87. The van der Waals surface area contributed by atoms with Crippen molar-refractivity contribution in [2.75, 3.05) is 5.32 Å². The Balaban J connectivity index is 2.21. The summed E-state index contributed by atoms with van der Waals surface area (Å²) in [5.74, 6) is 0.176. The Labute approximate surface area is 107 Å². The highest BCUT2D eigenvalue weighted by Gasteiger charge is 2.32. The number of thiophene rings is 1. The lowest BCUT2D eigenvalue weighted by molar-refractivity contribution is -0.115. The molecule has 0 aromatic carbocycles. The highest BCUT2D eigenvalue weighted by atomic mass is 32.1. The maximum absolute atomic E-state index is 11.7. The Kier molecular flexibility index (Phi) is 2.41. The van der Waals surface area contributed by atoms with E-state index in [9.17, 15) is 4.79 Å². The van der Waals surface area contributed by atoms with Crippen LogP contribution in [0.4, 0.5) is 5.95 Å². The number of hydrogen-bond donors (Lipinski definition) is 2. The number of nitrogens with two attached hydrogens (primary N) is 1. The Morgan fingerprint density at radius 1 is 1.61 bits per heavy atom. The Morgan fingerprint density at radius 2 is 2.44 bits per heavy atom. The number of allylic oxidation sites excluding steroid dienone is 1. The van der Waals surface area contributed by atoms with E-state index < -0.39 is 5.91 Å². The summed E-state index contributed by atoms with van der Waals surface area (Å²) in [7, 11) is 0. The van der Waals surface area contributed by atoms with Crippen molar-refractivity contribution in [1.82, 2.24) is 14.8 Å². The topological polar surface area (TPSA) is 85.8 Å². The number of rotatable bonds is 2. The second-order valence-electron chi connectivity index (χ2n) is 3.97. The number of carbonyl (C=O) groups is 1. The van der Waals surface area contributed by atoms with Crippen LogP contribution in [0, 0.1) is 0 Å². The van der Waals surface area contributed by atoms with Crippen LogP contribution in [0.3, 0.4) is 0 Å². The number of amides is 1. The van der Waals surface area contributed by atoms with Crippen LogP contribution in [-0.4, -0.2) is 20.7 Å². The van der Waals surface area contributed by atoms with Gasteiger partial charge >= 0.3 is 0 Å². The lowest BCUT2D eigenvalue weighted by atomic mass is 10.0. The number of fused-ring (bicyclic) bond motifs is 1. The number of primary amides is 1. The summed E-state index contributed by atoms with van der Waals surface area (Å²) in [6.07, 6.45) is 1.46. The van der Waals surface area contributed by atoms with Gasteiger partial charge in [-0.1, -0.05) is 6.07 Å². The zero-order chi connectivity index (χ0) is 12.7. The number of aromatic nitrogens is 3. The first kappa shape index (κ1) is 11.0. The fraction of sp³-hybridized carbons (Fsp3) is 0.182. The predicted octanol–water partition coefficient (Wildman–Crippen LogP) is 1.11. The van der Waals surface area contributed by atoms with E-state index in [0.29, 0.717) is 11.5 Å². The van der Waals surface area contributed by atoms with Crippen molar-refractivity contribution in [2.45, 2.75) is 13.0 Å². The number of anilines is 1. The molecule has 3 N–H and O–H groups in total. The summed E-state index contributed by atoms with van der Waals surface area (Å²) < 4.78 is 1.68. The molecule has 18 heavy (non-hydrogen) atoms. The average molecular weight is 261 g/mol. The molecule has 1 unspecified atom stereocenters. The van der Waals surface area contributed by atoms with Crippen molar-refractivity contribution in [2.24, 2.45) is 5.73 Å². The lowest BCUT2D eigenvalue weighted by Gasteiger charge is -2.26. The largest absolute Gasteiger partial charge is 0.366 e. The van der Waals surface area contributed by atoms with Gasteiger partial charge in [0.2, 0.25) is 11.9 Å². The molecule has 0 fully saturated rings. The van der Waals surface area contributed by atoms with Gasteiger partial charge in [-0.25, -0.2) is 4.68 Å². The van der Waals surface area contributed by atoms with Gasteiger partial charge in [0.1, 0.15) is 12.4 Å². The quantitative estimate of drug-likeness (QED) is 0.848. The molecule has 0 aliphatic carbocycles. The van der Waals surface area contributed by atoms with E-state index in [1.54, 1.807) is 16.0 Å². The molecule has 1 aliphatic heterocycles. The summed E-state index contributed by atoms with van der Waals surface area (Å²) in [5, 5.41) is 9.17. The molecule has 2 aromatic heterocycles. The molecule has 6 nitrogen and oxygen atoms in total. The third kappa shape index (κ3) is 1.52. The van der Waals surface area contributed by atoms with Crippen molar-refractivity contribution in [1.29, 1.82) is 0 Å². The Bertz CT molecular complexity index is 628. The van der Waals surface area contributed by atoms with Crippen LogP contribution in [0.25, 0.3) is 0 Å². The van der Waals surface area contributed by atoms with E-state index in [4.69, 9.17) is 5.73 Å². The van der Waals surface area contributed by atoms with E-state index in [1.165, 1.54) is 6.33 Å². The van der Waals surface area contributed by atoms with Gasteiger partial charge < -0.3 is 11.1 Å². The molecular weight excluding hydrogens is 250 g/mol. The van der Waals surface area contributed by atoms with Gasteiger partial charge in [0.25, 0.3) is 0 Å². The Morgan fingerprint density at radius 3 is 3.11 bits per heavy atom. The van der Waals surface area contributed by atoms with Crippen LogP contribution >= 0.6 is 11.3 Å². The van der Waals surface area contributed by atoms with Gasteiger partial charge in [0.05, 0.1) is 5.57 Å². The third-order valence-corrected chi connectivity index (χ3v) is 3.80. The van der Waals surface area contributed by atoms with Crippen molar-refractivity contribution >= 4 is 23.2 Å². The van der Waals surface area contributed by atoms with Gasteiger partial charge in [0.15, 0.2) is 0 Å². The molecular formula is C11H11N5OS. The summed E-state index contributed by atoms with van der Waals surface area (Å²) in [6, 6.07) is 3.61. The van der Waals surface area contributed by atoms with Gasteiger partial charge in [0, 0.05) is 10.6 Å². The summed E-state index contributed by atoms with van der Waals surface area (Å²) in [6.45, 7) is 1.82. The number of hydrogen-bond acceptors (Lipinski definition) is 5. The van der Waals surface area contributed by atoms with Crippen LogP contribution in [0.15, 0.2) is 35.1 Å². The summed E-state index contributed by atoms with van der Waals surface area (Å²) >= 11 is 1.56. The van der Waals surface area contributed by atoms with Crippen LogP contribution in [0.2, 0.25) is 0 Å². The summed E-state index contributed by atoms with van der Waals surface area (Å²) in [4.78, 5) is 16.8. The molecule has 1 aliphatic rings. The van der Waals surface area contributed by atoms with E-state index in [0.717, 1.165) is 10.6 Å². The molecule has 0 saturated carbocycles. The van der Waals surface area contributed by atoms with Crippen molar-refractivity contribution < 1.29 is 4.79 Å². The first-order chi connectivity index (χ1) is 8.68. The van der Waals surface area contributed by atoms with E-state index in [-0.39, 0.29) is 6.04 Å². The van der Waals surface area contributed by atoms with E-state index >= 15 is 0 Å². The maximum Gasteiger partial charge on any atom is 0.248 e. The minimum atomic E-state index is -0.445. The number of carbonyl (C=O) groups excluding carboxylic acids is 1. The van der Waals surface area contributed by atoms with Crippen LogP contribution < -0.4 is 11.1 Å². The van der Waals surface area contributed by atoms with Crippen LogP contribution in [-0.2, 0) is 4.79 Å². The molecule has 1 atom stereocenters. The van der Waals surface area contributed by atoms with Crippen molar-refractivity contribution in [3.63, 3.8) is 0 Å². The standard InChI is InChI=1S/C11H11N5OS/c1-6-8(10(12)17)9(7-3-2-4-18-7)16-11(15-6)13-5-14-16/h2-5,9H,1H3,(H2,12,17)(H,13,14,15). The molecule has 3 rings (SSSR count). The highest BCUT2D eigenvalue weighted by molar-refractivity contribution is 7.10. The van der Waals surface area contributed by atoms with Crippen molar-refractivity contribution in [3.8, 4) is 0 Å². The van der Waals surface area contributed by atoms with E-state index in [1.807, 2.05) is 24.4 Å². The number of nitrogens with one attached hydrogen (secondary N) is 1. The SMILES string of the molecule is CC1=C(C(N)=O)C(c2cccs2)n2ncnc2N1. The van der Waals surface area contributed by atoms with Gasteiger partial charge in [-0.2, -0.15) is 10.1 Å². The molecule has 92 valence electrons. The second-order valence-corrected chi connectivity index (χ2v) is 4.95. The second kappa shape index (κ2) is 3.95. The molecule has 0 saturated heterocycles. The molecule has 2 aromatic rings. The highest BCUT2D eigenvalue weighted by Crippen LogP contribution is 2.35. The van der Waals surface area contributed by atoms with Crippen molar-refractivity contribution in [3.05, 3.63) is 40.0 Å². The minimum absolute atomic E-state index is 0.291. The normalized spacial score (nSPS) is 18.4. The molecule has 0 spiro atoms. The average Bonchev–Trinajstić information content (AvgIpc) is 2.96. The molecule has 7 heteroatoms. The zero-order valence-electron chi connectivity index (χ0n) is 9.62. The number of nitrogens with zero attached hydrogens (tertiary/aromatic N) is 3. The minimum Gasteiger partial charge on any atom is -0.366 e. The molecule has 3 heterocycles. The van der Waals surface area contributed by atoms with Crippen LogP contribution in [0.5, 0.6) is 0 Å². The lowest BCUT2D eigenvalue weighted by Crippen LogP contribution is -2.31. The van der Waals surface area contributed by atoms with Gasteiger partial charge in [-0.15, -0.1) is 11.3 Å². The molecule has 1 amide bonds. The van der Waals surface area contributed by atoms with Gasteiger partial charge in [-0.05, 0) is 18.4 Å². The van der Waals surface area contributed by atoms with Crippen LogP contribution in [0.1, 0.15) is 17.8 Å².